The highest BCUT2D eigenvalue weighted by atomic mass is 32.2. The molecular weight excluding hydrogens is 416 g/mol. The number of ether oxygens (including phenoxy) is 1. The van der Waals surface area contributed by atoms with Crippen LogP contribution in [0.4, 0.5) is 5.69 Å². The highest BCUT2D eigenvalue weighted by molar-refractivity contribution is 7.92. The summed E-state index contributed by atoms with van der Waals surface area (Å²) >= 11 is 0. The van der Waals surface area contributed by atoms with E-state index in [-0.39, 0.29) is 11.6 Å². The van der Waals surface area contributed by atoms with Gasteiger partial charge in [-0.1, -0.05) is 0 Å². The Labute approximate surface area is 180 Å². The summed E-state index contributed by atoms with van der Waals surface area (Å²) in [5.41, 5.74) is 2.95. The van der Waals surface area contributed by atoms with E-state index in [4.69, 9.17) is 10.00 Å². The molecule has 158 valence electrons. The molecule has 4 rings (SSSR count). The number of nitriles is 1. The van der Waals surface area contributed by atoms with E-state index in [1.165, 1.54) is 6.20 Å². The maximum Gasteiger partial charge on any atom is 0.244 e. The van der Waals surface area contributed by atoms with E-state index in [0.717, 1.165) is 24.9 Å². The zero-order valence-electron chi connectivity index (χ0n) is 17.2. The molecule has 0 amide bonds. The highest BCUT2D eigenvalue weighted by Crippen LogP contribution is 2.40. The lowest BCUT2D eigenvalue weighted by Gasteiger charge is -2.15. The maximum absolute atomic E-state index is 11.8. The largest absolute Gasteiger partial charge is 0.433 e. The van der Waals surface area contributed by atoms with Crippen LogP contribution in [0.2, 0.25) is 0 Å². The molecule has 3 aromatic heterocycles. The Kier molecular flexibility index (Phi) is 5.29. The Morgan fingerprint density at radius 2 is 1.84 bits per heavy atom. The first-order valence-corrected chi connectivity index (χ1v) is 11.5. The highest BCUT2D eigenvalue weighted by Gasteiger charge is 2.28. The number of hydrogen-bond acceptors (Lipinski definition) is 8. The fraction of sp³-hybridized carbons (Fsp3) is 0.286. The van der Waals surface area contributed by atoms with Crippen LogP contribution in [0.3, 0.4) is 0 Å². The maximum atomic E-state index is 11.8. The van der Waals surface area contributed by atoms with Gasteiger partial charge in [0.2, 0.25) is 15.9 Å². The first kappa shape index (κ1) is 20.7. The topological polar surface area (TPSA) is 131 Å². The normalized spacial score (nSPS) is 13.5. The van der Waals surface area contributed by atoms with Gasteiger partial charge < -0.3 is 4.74 Å². The number of hydrogen-bond donors (Lipinski definition) is 1. The SMILES string of the molecule is Cc1nc(C2CC2)nc(C)c1Oc1nc(-c2cncc(C#N)c2)ccc1NS(C)(=O)=O. The summed E-state index contributed by atoms with van der Waals surface area (Å²) in [5, 5.41) is 9.13. The Morgan fingerprint density at radius 1 is 1.13 bits per heavy atom. The van der Waals surface area contributed by atoms with E-state index < -0.39 is 10.0 Å². The molecule has 3 aromatic rings. The molecule has 0 atom stereocenters. The van der Waals surface area contributed by atoms with Crippen LogP contribution in [0.15, 0.2) is 30.6 Å². The van der Waals surface area contributed by atoms with Gasteiger partial charge in [0.15, 0.2) is 5.75 Å². The first-order valence-electron chi connectivity index (χ1n) is 9.61. The van der Waals surface area contributed by atoms with Crippen molar-refractivity contribution in [1.29, 1.82) is 5.26 Å². The molecule has 1 saturated carbocycles. The lowest BCUT2D eigenvalue weighted by molar-refractivity contribution is 0.451. The predicted octanol–water partition coefficient (Wildman–Crippen LogP) is 3.46. The van der Waals surface area contributed by atoms with Crippen molar-refractivity contribution in [3.05, 3.63) is 53.4 Å². The third kappa shape index (κ3) is 4.78. The average Bonchev–Trinajstić information content (AvgIpc) is 3.56. The summed E-state index contributed by atoms with van der Waals surface area (Å²) in [4.78, 5) is 17.7. The van der Waals surface area contributed by atoms with Crippen LogP contribution in [0.25, 0.3) is 11.3 Å². The van der Waals surface area contributed by atoms with Gasteiger partial charge in [0.05, 0.1) is 28.9 Å². The van der Waals surface area contributed by atoms with Gasteiger partial charge in [-0.25, -0.2) is 23.4 Å². The molecule has 0 aromatic carbocycles. The molecule has 0 saturated heterocycles. The van der Waals surface area contributed by atoms with E-state index in [9.17, 15) is 8.42 Å². The number of sulfonamides is 1. The molecular formula is C21H20N6O3S. The molecule has 10 heteroatoms. The minimum absolute atomic E-state index is 0.0549. The van der Waals surface area contributed by atoms with Crippen LogP contribution in [0, 0.1) is 25.2 Å². The van der Waals surface area contributed by atoms with Gasteiger partial charge in [-0.05, 0) is 44.9 Å². The molecule has 0 aliphatic heterocycles. The van der Waals surface area contributed by atoms with Crippen LogP contribution in [-0.4, -0.2) is 34.6 Å². The number of aromatic nitrogens is 4. The van der Waals surface area contributed by atoms with E-state index in [1.807, 2.05) is 19.9 Å². The lowest BCUT2D eigenvalue weighted by Crippen LogP contribution is -2.11. The molecule has 1 fully saturated rings. The van der Waals surface area contributed by atoms with Crippen LogP contribution >= 0.6 is 0 Å². The summed E-state index contributed by atoms with van der Waals surface area (Å²) in [6.45, 7) is 3.65. The summed E-state index contributed by atoms with van der Waals surface area (Å²) in [5.74, 6) is 1.68. The van der Waals surface area contributed by atoms with Crippen molar-refractivity contribution in [1.82, 2.24) is 19.9 Å². The van der Waals surface area contributed by atoms with Gasteiger partial charge in [0, 0.05) is 23.9 Å². The Balaban J connectivity index is 1.77. The predicted molar refractivity (Wildman–Crippen MR) is 114 cm³/mol. The molecule has 0 radical (unpaired) electrons. The fourth-order valence-electron chi connectivity index (χ4n) is 3.10. The van der Waals surface area contributed by atoms with Crippen molar-refractivity contribution in [2.24, 2.45) is 0 Å². The quantitative estimate of drug-likeness (QED) is 0.621. The molecule has 3 heterocycles. The van der Waals surface area contributed by atoms with Gasteiger partial charge in [-0.2, -0.15) is 5.26 Å². The monoisotopic (exact) mass is 436 g/mol. The summed E-state index contributed by atoms with van der Waals surface area (Å²) in [7, 11) is -3.57. The zero-order valence-corrected chi connectivity index (χ0v) is 18.1. The van der Waals surface area contributed by atoms with E-state index >= 15 is 0 Å². The molecule has 0 bridgehead atoms. The molecule has 0 spiro atoms. The van der Waals surface area contributed by atoms with Crippen molar-refractivity contribution in [3.63, 3.8) is 0 Å². The molecule has 1 aliphatic rings. The number of pyridine rings is 2. The van der Waals surface area contributed by atoms with E-state index in [2.05, 4.69) is 24.7 Å². The van der Waals surface area contributed by atoms with Gasteiger partial charge in [-0.15, -0.1) is 0 Å². The number of aryl methyl sites for hydroxylation is 2. The summed E-state index contributed by atoms with van der Waals surface area (Å²) in [6.07, 6.45) is 6.24. The second kappa shape index (κ2) is 7.92. The van der Waals surface area contributed by atoms with Crippen LogP contribution in [0.5, 0.6) is 11.6 Å². The number of anilines is 1. The van der Waals surface area contributed by atoms with Crippen LogP contribution in [0.1, 0.15) is 41.5 Å². The lowest BCUT2D eigenvalue weighted by atomic mass is 10.1. The van der Waals surface area contributed by atoms with Crippen LogP contribution in [-0.2, 0) is 10.0 Å². The van der Waals surface area contributed by atoms with Crippen molar-refractivity contribution in [2.45, 2.75) is 32.6 Å². The van der Waals surface area contributed by atoms with Crippen molar-refractivity contribution < 1.29 is 13.2 Å². The van der Waals surface area contributed by atoms with Crippen molar-refractivity contribution in [2.75, 3.05) is 11.0 Å². The second-order valence-corrected chi connectivity index (χ2v) is 9.20. The summed E-state index contributed by atoms with van der Waals surface area (Å²) < 4.78 is 32.1. The Bertz CT molecular complexity index is 1290. The molecule has 0 unspecified atom stereocenters. The van der Waals surface area contributed by atoms with Gasteiger partial charge >= 0.3 is 0 Å². The Morgan fingerprint density at radius 3 is 2.45 bits per heavy atom. The second-order valence-electron chi connectivity index (χ2n) is 7.46. The standard InChI is InChI=1S/C21H20N6O3S/c1-12-19(13(2)25-20(24-12)15-4-5-15)30-21-18(27-31(3,28)29)7-6-17(26-21)16-8-14(9-22)10-23-11-16/h6-8,10-11,15,27H,4-5H2,1-3H3. The van der Waals surface area contributed by atoms with E-state index in [0.29, 0.717) is 39.9 Å². The minimum atomic E-state index is -3.57. The number of rotatable bonds is 6. The van der Waals surface area contributed by atoms with Crippen molar-refractivity contribution >= 4 is 15.7 Å². The van der Waals surface area contributed by atoms with Gasteiger partial charge in [0.1, 0.15) is 17.6 Å². The minimum Gasteiger partial charge on any atom is -0.433 e. The third-order valence-electron chi connectivity index (χ3n) is 4.68. The fourth-order valence-corrected chi connectivity index (χ4v) is 3.65. The van der Waals surface area contributed by atoms with Gasteiger partial charge in [-0.3, -0.25) is 9.71 Å². The average molecular weight is 436 g/mol. The van der Waals surface area contributed by atoms with E-state index in [1.54, 1.807) is 24.4 Å². The zero-order chi connectivity index (χ0) is 22.2. The first-order chi connectivity index (χ1) is 14.7. The summed E-state index contributed by atoms with van der Waals surface area (Å²) in [6, 6.07) is 6.87. The molecule has 31 heavy (non-hydrogen) atoms. The molecule has 9 nitrogen and oxygen atoms in total. The van der Waals surface area contributed by atoms with Gasteiger partial charge in [0.25, 0.3) is 0 Å². The number of nitrogens with one attached hydrogen (secondary N) is 1. The molecule has 1 N–H and O–H groups in total. The number of nitrogens with zero attached hydrogens (tertiary/aromatic N) is 5. The molecule has 1 aliphatic carbocycles. The smallest absolute Gasteiger partial charge is 0.244 e. The van der Waals surface area contributed by atoms with Crippen LogP contribution < -0.4 is 9.46 Å². The third-order valence-corrected chi connectivity index (χ3v) is 5.27. The van der Waals surface area contributed by atoms with Crippen molar-refractivity contribution in [3.8, 4) is 29.0 Å². The Hall–Kier alpha value is -3.58.